The first kappa shape index (κ1) is 16.3. The summed E-state index contributed by atoms with van der Waals surface area (Å²) in [7, 11) is 10.2. The standard InChI is InChI=1S/C3H7O.C2H6NO.2C2H6N.O.Ti/c2*1-3(2)4;2*1-3-2;;/h3H,1-2H3;1-2H3;2*1-2H3;;/q4*-1;;+4. The molecule has 0 unspecified atom stereocenters. The van der Waals surface area contributed by atoms with Gasteiger partial charge in [0.2, 0.25) is 0 Å². The van der Waals surface area contributed by atoms with Gasteiger partial charge < -0.3 is 0 Å². The van der Waals surface area contributed by atoms with E-state index in [0.29, 0.717) is 0 Å². The summed E-state index contributed by atoms with van der Waals surface area (Å²) < 4.78 is 27.6. The third-order valence-corrected chi connectivity index (χ3v) is 9.37. The summed E-state index contributed by atoms with van der Waals surface area (Å²) in [6.45, 7) is 3.68. The SMILES string of the molecule is CC(C)[O][Ti](=[O])([O]N(C)C)([N](C)C)[N](C)C. The number of hydrogen-bond donors (Lipinski definition) is 0. The average Bonchev–Trinajstić information content (AvgIpc) is 1.99. The zero-order valence-corrected chi connectivity index (χ0v) is 13.2. The second kappa shape index (κ2) is 5.31. The second-order valence-electron chi connectivity index (χ2n) is 4.76. The van der Waals surface area contributed by atoms with Crippen LogP contribution in [0.2, 0.25) is 0 Å². The Morgan fingerprint density at radius 1 is 0.938 bits per heavy atom. The van der Waals surface area contributed by atoms with Gasteiger partial charge in [0.15, 0.2) is 0 Å². The number of nitrogens with zero attached hydrogens (tertiary/aromatic N) is 3. The second-order valence-corrected chi connectivity index (χ2v) is 11.0. The molecular weight excluding hydrogens is 246 g/mol. The molecule has 16 heavy (non-hydrogen) atoms. The molecule has 0 N–H and O–H groups in total. The molecule has 0 aromatic rings. The van der Waals surface area contributed by atoms with Crippen LogP contribution in [0.4, 0.5) is 0 Å². The average molecular weight is 271 g/mol. The Kier molecular flexibility index (Phi) is 5.41. The van der Waals surface area contributed by atoms with E-state index in [9.17, 15) is 3.32 Å². The molecule has 0 rings (SSSR count). The van der Waals surface area contributed by atoms with Crippen molar-refractivity contribution in [3.8, 4) is 0 Å². The first-order chi connectivity index (χ1) is 7.03. The van der Waals surface area contributed by atoms with Gasteiger partial charge in [-0.15, -0.1) is 0 Å². The summed E-state index contributed by atoms with van der Waals surface area (Å²) in [5.74, 6) is 0. The summed E-state index contributed by atoms with van der Waals surface area (Å²) >= 11 is -4.99. The van der Waals surface area contributed by atoms with Crippen LogP contribution < -0.4 is 0 Å². The van der Waals surface area contributed by atoms with Crippen LogP contribution in [0.25, 0.3) is 0 Å². The zero-order valence-electron chi connectivity index (χ0n) is 11.6. The van der Waals surface area contributed by atoms with E-state index in [1.54, 1.807) is 49.0 Å². The van der Waals surface area contributed by atoms with Gasteiger partial charge in [0.05, 0.1) is 0 Å². The maximum absolute atomic E-state index is 13.3. The third-order valence-electron chi connectivity index (χ3n) is 2.27. The van der Waals surface area contributed by atoms with Crippen molar-refractivity contribution in [3.05, 3.63) is 0 Å². The van der Waals surface area contributed by atoms with Crippen LogP contribution in [0.1, 0.15) is 13.8 Å². The van der Waals surface area contributed by atoms with Crippen molar-refractivity contribution in [3.63, 3.8) is 0 Å². The van der Waals surface area contributed by atoms with Gasteiger partial charge in [-0.2, -0.15) is 0 Å². The Bertz CT molecular complexity index is 262. The van der Waals surface area contributed by atoms with Crippen LogP contribution in [0.5, 0.6) is 0 Å². The molecule has 0 heterocycles. The minimum absolute atomic E-state index is 0.181. The van der Waals surface area contributed by atoms with Gasteiger partial charge in [0.1, 0.15) is 0 Å². The molecule has 0 aromatic heterocycles. The molecule has 0 aliphatic rings. The third kappa shape index (κ3) is 3.17. The van der Waals surface area contributed by atoms with E-state index in [1.807, 2.05) is 13.8 Å². The van der Waals surface area contributed by atoms with E-state index in [4.69, 9.17) is 6.74 Å². The summed E-state index contributed by atoms with van der Waals surface area (Å²) in [5.41, 5.74) is 0. The number of hydrogen-bond acceptors (Lipinski definition) is 4. The van der Waals surface area contributed by atoms with Crippen molar-refractivity contribution in [1.82, 2.24) is 11.8 Å². The van der Waals surface area contributed by atoms with E-state index in [-0.39, 0.29) is 6.10 Å². The monoisotopic (exact) mass is 271 g/mol. The molecule has 0 spiro atoms. The van der Waals surface area contributed by atoms with Gasteiger partial charge in [-0.1, -0.05) is 0 Å². The molecule has 7 heteroatoms. The first-order valence-corrected chi connectivity index (χ1v) is 8.63. The van der Waals surface area contributed by atoms with Gasteiger partial charge in [-0.25, -0.2) is 0 Å². The summed E-state index contributed by atoms with van der Waals surface area (Å²) in [6, 6.07) is 0. The van der Waals surface area contributed by atoms with E-state index in [0.717, 1.165) is 0 Å². The van der Waals surface area contributed by atoms with Gasteiger partial charge >= 0.3 is 101 Å². The Morgan fingerprint density at radius 2 is 1.31 bits per heavy atom. The topological polar surface area (TPSA) is 45.3 Å². The first-order valence-electron chi connectivity index (χ1n) is 5.32. The molecule has 0 radical (unpaired) electrons. The molecule has 6 nitrogen and oxygen atoms in total. The molecule has 0 fully saturated rings. The van der Waals surface area contributed by atoms with Crippen molar-refractivity contribution < 1.29 is 26.6 Å². The van der Waals surface area contributed by atoms with Gasteiger partial charge in [-0.05, 0) is 0 Å². The fraction of sp³-hybridized carbons (Fsp3) is 1.00. The van der Waals surface area contributed by atoms with E-state index in [2.05, 4.69) is 0 Å². The molecule has 0 aromatic carbocycles. The van der Waals surface area contributed by atoms with Crippen molar-refractivity contribution in [2.24, 2.45) is 0 Å². The quantitative estimate of drug-likeness (QED) is 0.524. The van der Waals surface area contributed by atoms with Crippen LogP contribution in [0.15, 0.2) is 0 Å². The Labute approximate surface area is 101 Å². The van der Waals surface area contributed by atoms with E-state index < -0.39 is 16.6 Å². The fourth-order valence-electron chi connectivity index (χ4n) is 1.51. The number of hydroxylamine groups is 2. The predicted molar refractivity (Wildman–Crippen MR) is 59.1 cm³/mol. The normalized spacial score (nSPS) is 14.6. The fourth-order valence-corrected chi connectivity index (χ4v) is 6.23. The summed E-state index contributed by atoms with van der Waals surface area (Å²) in [5, 5.41) is 1.42. The molecule has 0 amide bonds. The van der Waals surface area contributed by atoms with Crippen LogP contribution in [0, 0.1) is 0 Å². The molecule has 0 aliphatic carbocycles. The Hall–Kier alpha value is 0.314. The maximum atomic E-state index is 13.3. The predicted octanol–water partition coefficient (Wildman–Crippen LogP) is 0.723. The molecule has 0 atom stereocenters. The zero-order chi connectivity index (χ0) is 13.2. The van der Waals surface area contributed by atoms with Gasteiger partial charge in [0.25, 0.3) is 0 Å². The van der Waals surface area contributed by atoms with Crippen molar-refractivity contribution in [1.29, 1.82) is 0 Å². The number of rotatable bonds is 6. The van der Waals surface area contributed by atoms with Gasteiger partial charge in [-0.3, -0.25) is 0 Å². The molecular formula is C9H25N3O3Ti. The van der Waals surface area contributed by atoms with Crippen molar-refractivity contribution >= 4 is 0 Å². The molecule has 0 aliphatic heterocycles. The molecule has 0 saturated heterocycles. The van der Waals surface area contributed by atoms with Crippen LogP contribution in [-0.4, -0.2) is 60.2 Å². The summed E-state index contributed by atoms with van der Waals surface area (Å²) in [6.07, 6.45) is -0.181. The Balaban J connectivity index is 5.50. The van der Waals surface area contributed by atoms with Crippen LogP contribution in [-0.2, 0) is 26.6 Å². The van der Waals surface area contributed by atoms with Crippen molar-refractivity contribution in [2.45, 2.75) is 20.0 Å². The van der Waals surface area contributed by atoms with Gasteiger partial charge in [0, 0.05) is 0 Å². The molecule has 98 valence electrons. The molecule has 0 saturated carbocycles. The summed E-state index contributed by atoms with van der Waals surface area (Å²) in [4.78, 5) is 0. The van der Waals surface area contributed by atoms with Crippen LogP contribution >= 0.6 is 0 Å². The van der Waals surface area contributed by atoms with Crippen LogP contribution in [0.3, 0.4) is 0 Å². The van der Waals surface area contributed by atoms with E-state index in [1.165, 1.54) is 5.06 Å². The minimum atomic E-state index is -4.99. The van der Waals surface area contributed by atoms with E-state index >= 15 is 0 Å². The van der Waals surface area contributed by atoms with Crippen molar-refractivity contribution in [2.75, 3.05) is 42.3 Å². The Morgan fingerprint density at radius 3 is 1.50 bits per heavy atom. The molecule has 0 bridgehead atoms.